The molecule has 0 radical (unpaired) electrons. The summed E-state index contributed by atoms with van der Waals surface area (Å²) in [5.74, 6) is 1.17. The first-order valence-electron chi connectivity index (χ1n) is 11.0. The van der Waals surface area contributed by atoms with Crippen LogP contribution in [-0.4, -0.2) is 50.8 Å². The predicted molar refractivity (Wildman–Crippen MR) is 114 cm³/mol. The van der Waals surface area contributed by atoms with Gasteiger partial charge in [0, 0.05) is 37.9 Å². The van der Waals surface area contributed by atoms with Crippen LogP contribution in [0.3, 0.4) is 0 Å². The van der Waals surface area contributed by atoms with Gasteiger partial charge in [-0.25, -0.2) is 9.07 Å². The van der Waals surface area contributed by atoms with E-state index < -0.39 is 5.82 Å². The minimum atomic E-state index is -0.404. The number of hydrogen-bond acceptors (Lipinski definition) is 6. The second-order valence-corrected chi connectivity index (χ2v) is 8.99. The van der Waals surface area contributed by atoms with Crippen molar-refractivity contribution in [3.63, 3.8) is 0 Å². The molecule has 0 unspecified atom stereocenters. The molecule has 0 aromatic carbocycles. The van der Waals surface area contributed by atoms with E-state index in [1.165, 1.54) is 0 Å². The molecule has 3 aromatic heterocycles. The number of pyridine rings is 1. The van der Waals surface area contributed by atoms with Crippen molar-refractivity contribution in [3.8, 4) is 11.3 Å². The molecule has 10 heteroatoms. The fourth-order valence-electron chi connectivity index (χ4n) is 5.05. The number of H-pyrrole nitrogens is 1. The third kappa shape index (κ3) is 2.95. The highest BCUT2D eigenvalue weighted by Crippen LogP contribution is 2.52. The summed E-state index contributed by atoms with van der Waals surface area (Å²) in [4.78, 5) is 15.3. The summed E-state index contributed by atoms with van der Waals surface area (Å²) in [6, 6.07) is 0.135. The number of aromatic nitrogens is 5. The van der Waals surface area contributed by atoms with E-state index in [4.69, 9.17) is 10.5 Å². The lowest BCUT2D eigenvalue weighted by molar-refractivity contribution is 0.121. The highest BCUT2D eigenvalue weighted by Gasteiger charge is 2.43. The van der Waals surface area contributed by atoms with Crippen molar-refractivity contribution in [3.05, 3.63) is 22.4 Å². The standard InChI is InChI=1S/C21H26FN7O2/c1-27-20(28-6-8-31-9-7-28)15(22)17(26-27)13-10-29(18(11-2-3-11)12-4-5-12)21(30)14-16(13)24-25-19(14)23/h10-12,18H,2-9H2,1H3,(H3,23,24,25). The molecule has 0 amide bonds. The first kappa shape index (κ1) is 18.9. The number of anilines is 2. The largest absolute Gasteiger partial charge is 0.382 e. The molecule has 2 saturated carbocycles. The van der Waals surface area contributed by atoms with Crippen molar-refractivity contribution in [2.45, 2.75) is 31.7 Å². The number of ether oxygens (including phenoxy) is 1. The number of aryl methyl sites for hydroxylation is 1. The Labute approximate surface area is 178 Å². The summed E-state index contributed by atoms with van der Waals surface area (Å²) in [6.07, 6.45) is 6.28. The van der Waals surface area contributed by atoms with Crippen molar-refractivity contribution in [2.75, 3.05) is 36.9 Å². The first-order valence-corrected chi connectivity index (χ1v) is 11.0. The average Bonchev–Trinajstić information content (AvgIpc) is 3.69. The molecule has 9 nitrogen and oxygen atoms in total. The second kappa shape index (κ2) is 6.81. The number of aromatic amines is 1. The molecular formula is C21H26FN7O2. The summed E-state index contributed by atoms with van der Waals surface area (Å²) in [7, 11) is 1.74. The minimum Gasteiger partial charge on any atom is -0.382 e. The van der Waals surface area contributed by atoms with Crippen molar-refractivity contribution in [1.29, 1.82) is 0 Å². The fraction of sp³-hybridized carbons (Fsp3) is 0.571. The minimum absolute atomic E-state index is 0.135. The monoisotopic (exact) mass is 427 g/mol. The van der Waals surface area contributed by atoms with Gasteiger partial charge in [-0.1, -0.05) is 0 Å². The summed E-state index contributed by atoms with van der Waals surface area (Å²) >= 11 is 0. The number of nitrogens with two attached hydrogens (primary N) is 1. The zero-order chi connectivity index (χ0) is 21.3. The van der Waals surface area contributed by atoms with E-state index in [2.05, 4.69) is 15.3 Å². The maximum absolute atomic E-state index is 15.8. The number of rotatable bonds is 5. The highest BCUT2D eigenvalue weighted by atomic mass is 19.1. The lowest BCUT2D eigenvalue weighted by atomic mass is 10.0. The van der Waals surface area contributed by atoms with Crippen LogP contribution >= 0.6 is 0 Å². The maximum atomic E-state index is 15.8. The van der Waals surface area contributed by atoms with Crippen LogP contribution in [-0.2, 0) is 11.8 Å². The van der Waals surface area contributed by atoms with Crippen LogP contribution in [0.25, 0.3) is 22.2 Å². The van der Waals surface area contributed by atoms with E-state index in [1.807, 2.05) is 4.90 Å². The van der Waals surface area contributed by atoms with Crippen LogP contribution < -0.4 is 16.2 Å². The quantitative estimate of drug-likeness (QED) is 0.645. The molecule has 2 aliphatic carbocycles. The van der Waals surface area contributed by atoms with Crippen LogP contribution in [0.1, 0.15) is 31.7 Å². The van der Waals surface area contributed by atoms with Gasteiger partial charge in [-0.2, -0.15) is 10.2 Å². The Morgan fingerprint density at radius 1 is 1.23 bits per heavy atom. The highest BCUT2D eigenvalue weighted by molar-refractivity contribution is 5.97. The zero-order valence-electron chi connectivity index (χ0n) is 17.5. The number of nitrogens with zero attached hydrogens (tertiary/aromatic N) is 5. The molecule has 31 heavy (non-hydrogen) atoms. The number of nitrogen functional groups attached to an aromatic ring is 1. The van der Waals surface area contributed by atoms with E-state index in [9.17, 15) is 4.79 Å². The van der Waals surface area contributed by atoms with E-state index in [0.29, 0.717) is 60.4 Å². The Morgan fingerprint density at radius 3 is 2.55 bits per heavy atom. The van der Waals surface area contributed by atoms with E-state index in [1.54, 1.807) is 22.5 Å². The van der Waals surface area contributed by atoms with Crippen LogP contribution in [0.4, 0.5) is 16.0 Å². The lowest BCUT2D eigenvalue weighted by Gasteiger charge is -2.28. The number of nitrogens with one attached hydrogen (secondary N) is 1. The fourth-order valence-corrected chi connectivity index (χ4v) is 5.05. The van der Waals surface area contributed by atoms with Crippen LogP contribution in [0.15, 0.2) is 11.0 Å². The maximum Gasteiger partial charge on any atom is 0.264 e. The number of hydrogen-bond donors (Lipinski definition) is 2. The summed E-state index contributed by atoms with van der Waals surface area (Å²) < 4.78 is 24.5. The van der Waals surface area contributed by atoms with E-state index in [0.717, 1.165) is 25.7 Å². The van der Waals surface area contributed by atoms with Crippen molar-refractivity contribution < 1.29 is 9.13 Å². The third-order valence-electron chi connectivity index (χ3n) is 6.84. The molecule has 1 saturated heterocycles. The molecule has 3 aliphatic rings. The summed E-state index contributed by atoms with van der Waals surface area (Å²) in [5, 5.41) is 11.8. The van der Waals surface area contributed by atoms with Gasteiger partial charge in [0.1, 0.15) is 11.1 Å². The Kier molecular flexibility index (Phi) is 4.14. The van der Waals surface area contributed by atoms with Gasteiger partial charge in [0.05, 0.1) is 18.7 Å². The Hall–Kier alpha value is -2.88. The van der Waals surface area contributed by atoms with E-state index in [-0.39, 0.29) is 23.1 Å². The molecule has 0 bridgehead atoms. The molecule has 0 spiro atoms. The lowest BCUT2D eigenvalue weighted by Crippen LogP contribution is -2.37. The Morgan fingerprint density at radius 2 is 1.90 bits per heavy atom. The Balaban J connectivity index is 1.55. The SMILES string of the molecule is Cn1nc(-c2cn(C(C3CC3)C3CC3)c(=O)c3c(N)n[nH]c23)c(F)c1N1CCOCC1. The van der Waals surface area contributed by atoms with Crippen LogP contribution in [0, 0.1) is 17.7 Å². The number of halogens is 1. The number of fused-ring (bicyclic) bond motifs is 1. The molecule has 6 rings (SSSR count). The molecule has 164 valence electrons. The van der Waals surface area contributed by atoms with Gasteiger partial charge >= 0.3 is 0 Å². The summed E-state index contributed by atoms with van der Waals surface area (Å²) in [6.45, 7) is 2.31. The zero-order valence-corrected chi connectivity index (χ0v) is 17.5. The van der Waals surface area contributed by atoms with Gasteiger partial charge in [-0.05, 0) is 37.5 Å². The number of morpholine rings is 1. The predicted octanol–water partition coefficient (Wildman–Crippen LogP) is 2.04. The van der Waals surface area contributed by atoms with Gasteiger partial charge < -0.3 is 19.9 Å². The van der Waals surface area contributed by atoms with Gasteiger partial charge in [-0.15, -0.1) is 0 Å². The smallest absolute Gasteiger partial charge is 0.264 e. The average molecular weight is 427 g/mol. The van der Waals surface area contributed by atoms with Crippen molar-refractivity contribution in [1.82, 2.24) is 24.5 Å². The van der Waals surface area contributed by atoms with E-state index >= 15 is 4.39 Å². The molecular weight excluding hydrogens is 401 g/mol. The van der Waals surface area contributed by atoms with Crippen molar-refractivity contribution >= 4 is 22.5 Å². The van der Waals surface area contributed by atoms with Gasteiger partial charge in [0.25, 0.3) is 5.56 Å². The molecule has 3 fully saturated rings. The topological polar surface area (TPSA) is 107 Å². The van der Waals surface area contributed by atoms with Gasteiger partial charge in [0.15, 0.2) is 17.5 Å². The van der Waals surface area contributed by atoms with Gasteiger partial charge in [-0.3, -0.25) is 9.89 Å². The van der Waals surface area contributed by atoms with Crippen molar-refractivity contribution in [2.24, 2.45) is 18.9 Å². The summed E-state index contributed by atoms with van der Waals surface area (Å²) in [5.41, 5.74) is 7.09. The Bertz CT molecular complexity index is 1200. The first-order chi connectivity index (χ1) is 15.0. The molecule has 0 atom stereocenters. The third-order valence-corrected chi connectivity index (χ3v) is 6.84. The second-order valence-electron chi connectivity index (χ2n) is 8.99. The normalized spacial score (nSPS) is 19.6. The molecule has 4 heterocycles. The molecule has 3 N–H and O–H groups in total. The molecule has 3 aromatic rings. The van der Waals surface area contributed by atoms with Crippen LogP contribution in [0.2, 0.25) is 0 Å². The molecule has 1 aliphatic heterocycles. The van der Waals surface area contributed by atoms with Gasteiger partial charge in [0.2, 0.25) is 0 Å². The van der Waals surface area contributed by atoms with Crippen LogP contribution in [0.5, 0.6) is 0 Å².